The van der Waals surface area contributed by atoms with Gasteiger partial charge in [0.2, 0.25) is 5.88 Å². The minimum absolute atomic E-state index is 0.0459. The summed E-state index contributed by atoms with van der Waals surface area (Å²) in [6.45, 7) is 0. The van der Waals surface area contributed by atoms with Crippen molar-refractivity contribution in [1.29, 1.82) is 0 Å². The normalized spacial score (nSPS) is 11.4. The molecule has 36 heavy (non-hydrogen) atoms. The molecule has 0 radical (unpaired) electrons. The van der Waals surface area contributed by atoms with Crippen molar-refractivity contribution in [2.45, 2.75) is 4.90 Å². The van der Waals surface area contributed by atoms with Gasteiger partial charge in [-0.05, 0) is 60.0 Å². The second-order valence-corrected chi connectivity index (χ2v) is 9.31. The number of fused-ring (bicyclic) bond motifs is 1. The van der Waals surface area contributed by atoms with Crippen molar-refractivity contribution in [2.75, 3.05) is 11.8 Å². The number of nitrogens with one attached hydrogen (secondary N) is 1. The van der Waals surface area contributed by atoms with E-state index in [1.165, 1.54) is 43.9 Å². The minimum atomic E-state index is -3.89. The van der Waals surface area contributed by atoms with Gasteiger partial charge < -0.3 is 4.74 Å². The number of nitrogens with zero attached hydrogens (tertiary/aromatic N) is 4. The van der Waals surface area contributed by atoms with E-state index in [4.69, 9.17) is 4.74 Å². The van der Waals surface area contributed by atoms with Gasteiger partial charge in [0.15, 0.2) is 11.6 Å². The summed E-state index contributed by atoms with van der Waals surface area (Å²) < 4.78 is 60.6. The molecule has 11 heteroatoms. The maximum Gasteiger partial charge on any atom is 0.263 e. The number of hydrogen-bond acceptors (Lipinski definition) is 7. The van der Waals surface area contributed by atoms with Gasteiger partial charge in [0, 0.05) is 23.3 Å². The first-order chi connectivity index (χ1) is 17.4. The second-order valence-electron chi connectivity index (χ2n) is 7.62. The topological polar surface area (TPSA) is 107 Å². The zero-order chi connectivity index (χ0) is 25.3. The molecule has 0 spiro atoms. The van der Waals surface area contributed by atoms with Crippen LogP contribution < -0.4 is 9.46 Å². The third-order valence-corrected chi connectivity index (χ3v) is 6.74. The van der Waals surface area contributed by atoms with Crippen LogP contribution in [0.15, 0.2) is 84.3 Å². The fraction of sp³-hybridized carbons (Fsp3) is 0.0400. The van der Waals surface area contributed by atoms with Crippen molar-refractivity contribution >= 4 is 26.6 Å². The summed E-state index contributed by atoms with van der Waals surface area (Å²) in [5, 5.41) is 1.29. The number of anilines is 1. The average molecular weight is 506 g/mol. The highest BCUT2D eigenvalue weighted by atomic mass is 32.2. The van der Waals surface area contributed by atoms with Crippen molar-refractivity contribution < 1.29 is 21.9 Å². The number of sulfonamides is 1. The molecule has 3 aromatic heterocycles. The Bertz CT molecular complexity index is 1700. The molecule has 8 nitrogen and oxygen atoms in total. The van der Waals surface area contributed by atoms with Gasteiger partial charge in [-0.3, -0.25) is 9.71 Å². The molecule has 0 saturated heterocycles. The molecular weight excluding hydrogens is 488 g/mol. The van der Waals surface area contributed by atoms with Crippen LogP contribution in [0.4, 0.5) is 14.6 Å². The molecule has 0 unspecified atom stereocenters. The largest absolute Gasteiger partial charge is 0.480 e. The van der Waals surface area contributed by atoms with Gasteiger partial charge in [-0.25, -0.2) is 32.2 Å². The minimum Gasteiger partial charge on any atom is -0.480 e. The molecule has 180 valence electrons. The third kappa shape index (κ3) is 4.43. The van der Waals surface area contributed by atoms with E-state index >= 15 is 0 Å². The van der Waals surface area contributed by atoms with Gasteiger partial charge >= 0.3 is 0 Å². The lowest BCUT2D eigenvalue weighted by atomic mass is 10.0. The van der Waals surface area contributed by atoms with E-state index in [1.54, 1.807) is 30.5 Å². The first-order valence-electron chi connectivity index (χ1n) is 10.5. The number of aromatic nitrogens is 4. The summed E-state index contributed by atoms with van der Waals surface area (Å²) in [6, 6.07) is 14.7. The smallest absolute Gasteiger partial charge is 0.263 e. The van der Waals surface area contributed by atoms with Gasteiger partial charge in [0.25, 0.3) is 10.0 Å². The number of hydrogen-bond donors (Lipinski definition) is 1. The zero-order valence-electron chi connectivity index (χ0n) is 18.7. The fourth-order valence-corrected chi connectivity index (χ4v) is 4.72. The van der Waals surface area contributed by atoms with Gasteiger partial charge in [-0.1, -0.05) is 6.07 Å². The highest BCUT2D eigenvalue weighted by Gasteiger charge is 2.18. The molecule has 2 aromatic carbocycles. The molecule has 0 bridgehead atoms. The molecule has 0 atom stereocenters. The van der Waals surface area contributed by atoms with Crippen molar-refractivity contribution in [1.82, 2.24) is 19.9 Å². The summed E-state index contributed by atoms with van der Waals surface area (Å²) in [7, 11) is -2.45. The Balaban J connectivity index is 1.55. The third-order valence-electron chi connectivity index (χ3n) is 5.39. The molecule has 5 aromatic rings. The molecule has 1 N–H and O–H groups in total. The van der Waals surface area contributed by atoms with Crippen molar-refractivity contribution in [2.24, 2.45) is 0 Å². The maximum absolute atomic E-state index is 13.7. The van der Waals surface area contributed by atoms with Crippen LogP contribution in [-0.4, -0.2) is 35.5 Å². The van der Waals surface area contributed by atoms with E-state index in [9.17, 15) is 17.2 Å². The summed E-state index contributed by atoms with van der Waals surface area (Å²) >= 11 is 0. The summed E-state index contributed by atoms with van der Waals surface area (Å²) in [5.74, 6) is -1.55. The highest BCUT2D eigenvalue weighted by Crippen LogP contribution is 2.35. The predicted octanol–water partition coefficient (Wildman–Crippen LogP) is 4.84. The van der Waals surface area contributed by atoms with E-state index in [2.05, 4.69) is 24.7 Å². The van der Waals surface area contributed by atoms with Crippen LogP contribution in [0.25, 0.3) is 33.3 Å². The number of halogens is 2. The van der Waals surface area contributed by atoms with Crippen LogP contribution in [-0.2, 0) is 10.0 Å². The van der Waals surface area contributed by atoms with Gasteiger partial charge in [0.1, 0.15) is 12.1 Å². The molecular formula is C25H17F2N5O3S. The molecule has 0 fully saturated rings. The number of benzene rings is 2. The van der Waals surface area contributed by atoms with E-state index in [1.807, 2.05) is 0 Å². The van der Waals surface area contributed by atoms with Gasteiger partial charge in [-0.15, -0.1) is 0 Å². The number of ether oxygens (including phenoxy) is 1. The van der Waals surface area contributed by atoms with Crippen molar-refractivity contribution in [3.63, 3.8) is 0 Å². The molecule has 0 aliphatic heterocycles. The Kier molecular flexibility index (Phi) is 5.98. The Morgan fingerprint density at radius 2 is 1.75 bits per heavy atom. The van der Waals surface area contributed by atoms with Gasteiger partial charge in [0.05, 0.1) is 29.0 Å². The van der Waals surface area contributed by atoms with E-state index in [0.29, 0.717) is 33.3 Å². The molecule has 5 rings (SSSR count). The molecule has 0 saturated carbocycles. The molecule has 0 aliphatic carbocycles. The molecule has 3 heterocycles. The zero-order valence-corrected chi connectivity index (χ0v) is 19.5. The lowest BCUT2D eigenvalue weighted by Crippen LogP contribution is -2.13. The number of rotatable bonds is 6. The van der Waals surface area contributed by atoms with Crippen LogP contribution in [0, 0.1) is 11.6 Å². The van der Waals surface area contributed by atoms with E-state index in [-0.39, 0.29) is 16.6 Å². The number of methoxy groups -OCH3 is 1. The lowest BCUT2D eigenvalue weighted by Gasteiger charge is -2.13. The Morgan fingerprint density at radius 3 is 2.50 bits per heavy atom. The lowest BCUT2D eigenvalue weighted by molar-refractivity contribution is 0.400. The highest BCUT2D eigenvalue weighted by molar-refractivity contribution is 7.92. The first kappa shape index (κ1) is 23.2. The maximum atomic E-state index is 13.7. The quantitative estimate of drug-likeness (QED) is 0.352. The first-order valence-corrected chi connectivity index (χ1v) is 12.0. The molecule has 0 amide bonds. The summed E-state index contributed by atoms with van der Waals surface area (Å²) in [5.41, 5.74) is 1.83. The van der Waals surface area contributed by atoms with Crippen LogP contribution in [0.2, 0.25) is 0 Å². The summed E-state index contributed by atoms with van der Waals surface area (Å²) in [4.78, 5) is 16.6. The Morgan fingerprint density at radius 1 is 0.889 bits per heavy atom. The van der Waals surface area contributed by atoms with Crippen molar-refractivity contribution in [3.8, 4) is 28.4 Å². The SMILES string of the molecule is COc1nc(-c2ccc(F)c(F)c2)ccc1-c1nccc2cc(S(=O)(=O)Nc3ccncn3)ccc12. The van der Waals surface area contributed by atoms with Crippen molar-refractivity contribution in [3.05, 3.63) is 91.0 Å². The molecule has 0 aliphatic rings. The predicted molar refractivity (Wildman–Crippen MR) is 130 cm³/mol. The van der Waals surface area contributed by atoms with Crippen LogP contribution in [0.1, 0.15) is 0 Å². The van der Waals surface area contributed by atoms with E-state index in [0.717, 1.165) is 12.1 Å². The Hall–Kier alpha value is -4.51. The summed E-state index contributed by atoms with van der Waals surface area (Å²) in [6.07, 6.45) is 4.23. The second kappa shape index (κ2) is 9.27. The Labute approximate surface area is 204 Å². The van der Waals surface area contributed by atoms with Gasteiger partial charge in [-0.2, -0.15) is 0 Å². The van der Waals surface area contributed by atoms with E-state index < -0.39 is 21.7 Å². The van der Waals surface area contributed by atoms with Crippen LogP contribution in [0.3, 0.4) is 0 Å². The average Bonchev–Trinajstić information content (AvgIpc) is 2.89. The monoisotopic (exact) mass is 505 g/mol. The standard InChI is InChI=1S/C25H17F2N5O3S/c1-35-25-19(5-7-22(31-25)16-2-6-20(26)21(27)13-16)24-18-4-3-17(12-15(18)8-11-29-24)36(33,34)32-23-9-10-28-14-30-23/h2-14H,1H3,(H,28,30,32). The van der Waals surface area contributed by atoms with Crippen LogP contribution >= 0.6 is 0 Å². The number of pyridine rings is 2. The fourth-order valence-electron chi connectivity index (χ4n) is 3.68. The van der Waals surface area contributed by atoms with Crippen LogP contribution in [0.5, 0.6) is 5.88 Å².